The predicted molar refractivity (Wildman–Crippen MR) is 82.9 cm³/mol. The molecule has 0 fully saturated rings. The Balaban J connectivity index is 2.12. The minimum atomic E-state index is -0.484. The van der Waals surface area contributed by atoms with E-state index in [4.69, 9.17) is 0 Å². The van der Waals surface area contributed by atoms with Gasteiger partial charge in [-0.3, -0.25) is 14.9 Å². The van der Waals surface area contributed by atoms with Crippen molar-refractivity contribution >= 4 is 28.6 Å². The van der Waals surface area contributed by atoms with Crippen LogP contribution in [0, 0.1) is 17.0 Å². The van der Waals surface area contributed by atoms with Crippen molar-refractivity contribution in [2.45, 2.75) is 13.5 Å². The summed E-state index contributed by atoms with van der Waals surface area (Å²) < 4.78 is 0. The summed E-state index contributed by atoms with van der Waals surface area (Å²) in [5, 5.41) is 18.4. The minimum Gasteiger partial charge on any atom is -0.383 e. The van der Waals surface area contributed by atoms with Gasteiger partial charge in [-0.1, -0.05) is 0 Å². The van der Waals surface area contributed by atoms with Gasteiger partial charge in [0, 0.05) is 23.6 Å². The summed E-state index contributed by atoms with van der Waals surface area (Å²) >= 11 is 1.58. The van der Waals surface area contributed by atoms with Crippen LogP contribution in [0.5, 0.6) is 0 Å². The van der Waals surface area contributed by atoms with E-state index in [1.807, 2.05) is 18.4 Å². The maximum Gasteiger partial charge on any atom is 0.292 e. The molecule has 2 aromatic rings. The van der Waals surface area contributed by atoms with E-state index in [1.165, 1.54) is 18.2 Å². The Morgan fingerprint density at radius 1 is 1.38 bits per heavy atom. The first-order chi connectivity index (χ1) is 10.0. The molecule has 7 heteroatoms. The summed E-state index contributed by atoms with van der Waals surface area (Å²) in [6.45, 7) is 2.44. The Morgan fingerprint density at radius 3 is 2.71 bits per heavy atom. The molecule has 0 radical (unpaired) electrons. The van der Waals surface area contributed by atoms with Gasteiger partial charge >= 0.3 is 0 Å². The average molecular weight is 305 g/mol. The maximum atomic E-state index is 12.1. The molecule has 0 saturated carbocycles. The molecule has 0 aliphatic heterocycles. The number of carbonyl (C=O) groups is 1. The van der Waals surface area contributed by atoms with Gasteiger partial charge in [0.1, 0.15) is 5.69 Å². The van der Waals surface area contributed by atoms with Crippen molar-refractivity contribution in [1.29, 1.82) is 0 Å². The molecule has 0 saturated heterocycles. The van der Waals surface area contributed by atoms with Crippen LogP contribution in [0.15, 0.2) is 29.6 Å². The van der Waals surface area contributed by atoms with E-state index in [1.54, 1.807) is 18.4 Å². The first-order valence-electron chi connectivity index (χ1n) is 6.30. The average Bonchev–Trinajstić information content (AvgIpc) is 2.89. The van der Waals surface area contributed by atoms with E-state index in [0.717, 1.165) is 10.4 Å². The molecule has 6 nitrogen and oxygen atoms in total. The second kappa shape index (κ2) is 6.36. The van der Waals surface area contributed by atoms with Crippen LogP contribution in [-0.4, -0.2) is 17.9 Å². The number of anilines is 1. The lowest BCUT2D eigenvalue weighted by molar-refractivity contribution is -0.383. The highest BCUT2D eigenvalue weighted by Gasteiger charge is 2.16. The fourth-order valence-corrected chi connectivity index (χ4v) is 2.73. The molecule has 1 aromatic heterocycles. The summed E-state index contributed by atoms with van der Waals surface area (Å²) in [5.74, 6) is -0.255. The summed E-state index contributed by atoms with van der Waals surface area (Å²) in [5.41, 5.74) is 1.79. The molecular formula is C14H15N3O3S. The van der Waals surface area contributed by atoms with Gasteiger partial charge in [-0.05, 0) is 36.1 Å². The number of thiophene rings is 1. The molecule has 0 aliphatic carbocycles. The van der Waals surface area contributed by atoms with Crippen molar-refractivity contribution in [3.05, 3.63) is 55.8 Å². The van der Waals surface area contributed by atoms with Crippen molar-refractivity contribution in [3.63, 3.8) is 0 Å². The number of carbonyl (C=O) groups excluding carboxylic acids is 1. The highest BCUT2D eigenvalue weighted by Crippen LogP contribution is 2.25. The summed E-state index contributed by atoms with van der Waals surface area (Å²) in [6, 6.07) is 6.26. The van der Waals surface area contributed by atoms with E-state index >= 15 is 0 Å². The molecule has 0 atom stereocenters. The SMILES string of the molecule is CNc1cc(C(=O)NCc2sccc2C)ccc1[N+](=O)[O-]. The van der Waals surface area contributed by atoms with E-state index in [-0.39, 0.29) is 11.6 Å². The first-order valence-corrected chi connectivity index (χ1v) is 7.18. The van der Waals surface area contributed by atoms with Crippen LogP contribution in [0.4, 0.5) is 11.4 Å². The number of nitrogens with zero attached hydrogens (tertiary/aromatic N) is 1. The Kier molecular flexibility index (Phi) is 4.54. The van der Waals surface area contributed by atoms with Crippen molar-refractivity contribution in [2.75, 3.05) is 12.4 Å². The zero-order chi connectivity index (χ0) is 15.4. The van der Waals surface area contributed by atoms with Gasteiger partial charge < -0.3 is 10.6 Å². The van der Waals surface area contributed by atoms with Crippen molar-refractivity contribution in [2.24, 2.45) is 0 Å². The largest absolute Gasteiger partial charge is 0.383 e. The topological polar surface area (TPSA) is 84.3 Å². The van der Waals surface area contributed by atoms with Crippen LogP contribution < -0.4 is 10.6 Å². The maximum absolute atomic E-state index is 12.1. The van der Waals surface area contributed by atoms with Gasteiger partial charge in [0.15, 0.2) is 0 Å². The van der Waals surface area contributed by atoms with E-state index < -0.39 is 4.92 Å². The number of aryl methyl sites for hydroxylation is 1. The fourth-order valence-electron chi connectivity index (χ4n) is 1.88. The number of nitrogens with one attached hydrogen (secondary N) is 2. The molecule has 2 rings (SSSR count). The standard InChI is InChI=1S/C14H15N3O3S/c1-9-5-6-21-13(9)8-16-14(18)10-3-4-12(17(19)20)11(7-10)15-2/h3-7,15H,8H2,1-2H3,(H,16,18). The molecule has 0 aliphatic rings. The van der Waals surface area contributed by atoms with Crippen molar-refractivity contribution < 1.29 is 9.72 Å². The first kappa shape index (κ1) is 15.0. The molecule has 1 heterocycles. The Hall–Kier alpha value is -2.41. The lowest BCUT2D eigenvalue weighted by atomic mass is 10.1. The predicted octanol–water partition coefficient (Wildman–Crippen LogP) is 2.94. The van der Waals surface area contributed by atoms with Crippen LogP contribution in [-0.2, 0) is 6.54 Å². The van der Waals surface area contributed by atoms with Crippen LogP contribution in [0.1, 0.15) is 20.8 Å². The number of hydrogen-bond acceptors (Lipinski definition) is 5. The van der Waals surface area contributed by atoms with E-state index in [0.29, 0.717) is 17.8 Å². The smallest absolute Gasteiger partial charge is 0.292 e. The molecular weight excluding hydrogens is 290 g/mol. The number of amides is 1. The van der Waals surface area contributed by atoms with Crippen LogP contribution in [0.2, 0.25) is 0 Å². The monoisotopic (exact) mass is 305 g/mol. The number of benzene rings is 1. The van der Waals surface area contributed by atoms with E-state index in [2.05, 4.69) is 10.6 Å². The van der Waals surface area contributed by atoms with Gasteiger partial charge in [-0.15, -0.1) is 11.3 Å². The van der Waals surface area contributed by atoms with Crippen molar-refractivity contribution in [1.82, 2.24) is 5.32 Å². The second-order valence-corrected chi connectivity index (χ2v) is 5.45. The molecule has 2 N–H and O–H groups in total. The highest BCUT2D eigenvalue weighted by atomic mass is 32.1. The fraction of sp³-hybridized carbons (Fsp3) is 0.214. The third-order valence-corrected chi connectivity index (χ3v) is 4.13. The Morgan fingerprint density at radius 2 is 2.14 bits per heavy atom. The molecule has 0 spiro atoms. The third kappa shape index (κ3) is 3.38. The summed E-state index contributed by atoms with van der Waals surface area (Å²) in [6.07, 6.45) is 0. The van der Waals surface area contributed by atoms with Gasteiger partial charge in [-0.2, -0.15) is 0 Å². The molecule has 1 aromatic carbocycles. The Bertz CT molecular complexity index is 682. The molecule has 21 heavy (non-hydrogen) atoms. The Labute approximate surface area is 126 Å². The van der Waals surface area contributed by atoms with Crippen LogP contribution >= 0.6 is 11.3 Å². The molecule has 0 bridgehead atoms. The number of hydrogen-bond donors (Lipinski definition) is 2. The quantitative estimate of drug-likeness (QED) is 0.657. The second-order valence-electron chi connectivity index (χ2n) is 4.45. The minimum absolute atomic E-state index is 0.0526. The number of nitro groups is 1. The van der Waals surface area contributed by atoms with Gasteiger partial charge in [-0.25, -0.2) is 0 Å². The van der Waals surface area contributed by atoms with E-state index in [9.17, 15) is 14.9 Å². The number of nitro benzene ring substituents is 1. The lowest BCUT2D eigenvalue weighted by Crippen LogP contribution is -2.22. The van der Waals surface area contributed by atoms with Crippen molar-refractivity contribution in [3.8, 4) is 0 Å². The summed E-state index contributed by atoms with van der Waals surface area (Å²) in [7, 11) is 1.58. The van der Waals surface area contributed by atoms with Gasteiger partial charge in [0.25, 0.3) is 11.6 Å². The zero-order valence-electron chi connectivity index (χ0n) is 11.7. The van der Waals surface area contributed by atoms with Crippen LogP contribution in [0.3, 0.4) is 0 Å². The van der Waals surface area contributed by atoms with Gasteiger partial charge in [0.05, 0.1) is 11.5 Å². The molecule has 1 amide bonds. The van der Waals surface area contributed by atoms with Crippen LogP contribution in [0.25, 0.3) is 0 Å². The molecule has 110 valence electrons. The highest BCUT2D eigenvalue weighted by molar-refractivity contribution is 7.10. The third-order valence-electron chi connectivity index (χ3n) is 3.10. The molecule has 0 unspecified atom stereocenters. The number of rotatable bonds is 5. The zero-order valence-corrected chi connectivity index (χ0v) is 12.5. The van der Waals surface area contributed by atoms with Gasteiger partial charge in [0.2, 0.25) is 0 Å². The summed E-state index contributed by atoms with van der Waals surface area (Å²) in [4.78, 5) is 23.6. The normalized spacial score (nSPS) is 10.2. The lowest BCUT2D eigenvalue weighted by Gasteiger charge is -2.07.